The fourth-order valence-corrected chi connectivity index (χ4v) is 4.93. The SMILES string of the molecule is CCC(=O)N1CCC(NC(=O)c2c(C)[nH]c3c(-c4cc(C)ccc4OCC4CC4)ccnc23)CC1. The number of amides is 2. The van der Waals surface area contributed by atoms with E-state index < -0.39 is 0 Å². The van der Waals surface area contributed by atoms with Crippen LogP contribution in [0, 0.1) is 19.8 Å². The van der Waals surface area contributed by atoms with Crippen LogP contribution in [0.2, 0.25) is 0 Å². The minimum atomic E-state index is -0.117. The van der Waals surface area contributed by atoms with Crippen LogP contribution in [0.1, 0.15) is 60.6 Å². The number of aryl methyl sites for hydroxylation is 2. The van der Waals surface area contributed by atoms with Gasteiger partial charge in [0, 0.05) is 48.6 Å². The smallest absolute Gasteiger partial charge is 0.255 e. The number of pyridine rings is 1. The number of piperidine rings is 1. The van der Waals surface area contributed by atoms with Crippen LogP contribution >= 0.6 is 0 Å². The van der Waals surface area contributed by atoms with Crippen molar-refractivity contribution in [3.05, 3.63) is 47.3 Å². The van der Waals surface area contributed by atoms with Crippen LogP contribution in [0.25, 0.3) is 22.2 Å². The molecule has 0 unspecified atom stereocenters. The van der Waals surface area contributed by atoms with Crippen LogP contribution < -0.4 is 10.1 Å². The number of likely N-dealkylation sites (tertiary alicyclic amines) is 1. The molecule has 2 aliphatic rings. The van der Waals surface area contributed by atoms with Gasteiger partial charge >= 0.3 is 0 Å². The Labute approximate surface area is 206 Å². The van der Waals surface area contributed by atoms with Crippen LogP contribution in [-0.4, -0.2) is 52.4 Å². The maximum Gasteiger partial charge on any atom is 0.255 e. The highest BCUT2D eigenvalue weighted by Gasteiger charge is 2.27. The zero-order valence-electron chi connectivity index (χ0n) is 20.8. The number of hydrogen-bond acceptors (Lipinski definition) is 4. The first-order valence-corrected chi connectivity index (χ1v) is 12.7. The number of ether oxygens (including phenoxy) is 1. The normalized spacial score (nSPS) is 16.5. The Kier molecular flexibility index (Phi) is 6.50. The van der Waals surface area contributed by atoms with Crippen molar-refractivity contribution >= 4 is 22.8 Å². The zero-order valence-corrected chi connectivity index (χ0v) is 20.8. The molecule has 0 radical (unpaired) electrons. The van der Waals surface area contributed by atoms with E-state index in [4.69, 9.17) is 4.74 Å². The second-order valence-electron chi connectivity index (χ2n) is 9.94. The van der Waals surface area contributed by atoms with Crippen molar-refractivity contribution < 1.29 is 14.3 Å². The number of rotatable bonds is 7. The molecule has 7 heteroatoms. The first-order valence-electron chi connectivity index (χ1n) is 12.7. The summed E-state index contributed by atoms with van der Waals surface area (Å²) in [5, 5.41) is 3.19. The van der Waals surface area contributed by atoms with Crippen molar-refractivity contribution in [1.82, 2.24) is 20.2 Å². The molecule has 0 atom stereocenters. The molecule has 0 spiro atoms. The molecule has 3 aromatic rings. The number of aromatic amines is 1. The van der Waals surface area contributed by atoms with E-state index in [0.29, 0.717) is 36.5 Å². The van der Waals surface area contributed by atoms with Crippen LogP contribution in [0.15, 0.2) is 30.5 Å². The van der Waals surface area contributed by atoms with Gasteiger partial charge in [0.1, 0.15) is 11.3 Å². The minimum absolute atomic E-state index is 0.0511. The molecular formula is C28H34N4O3. The molecule has 3 heterocycles. The summed E-state index contributed by atoms with van der Waals surface area (Å²) in [7, 11) is 0. The van der Waals surface area contributed by atoms with Gasteiger partial charge in [0.2, 0.25) is 5.91 Å². The molecule has 35 heavy (non-hydrogen) atoms. The first-order chi connectivity index (χ1) is 16.9. The van der Waals surface area contributed by atoms with Crippen molar-refractivity contribution in [3.8, 4) is 16.9 Å². The maximum atomic E-state index is 13.4. The van der Waals surface area contributed by atoms with Gasteiger partial charge in [-0.2, -0.15) is 0 Å². The van der Waals surface area contributed by atoms with E-state index in [2.05, 4.69) is 34.3 Å². The molecule has 1 saturated carbocycles. The van der Waals surface area contributed by atoms with E-state index >= 15 is 0 Å². The molecule has 184 valence electrons. The van der Waals surface area contributed by atoms with Gasteiger partial charge < -0.3 is 19.9 Å². The lowest BCUT2D eigenvalue weighted by Crippen LogP contribution is -2.46. The van der Waals surface area contributed by atoms with Crippen LogP contribution in [-0.2, 0) is 4.79 Å². The average molecular weight is 475 g/mol. The third-order valence-corrected chi connectivity index (χ3v) is 7.18. The van der Waals surface area contributed by atoms with Gasteiger partial charge in [0.05, 0.1) is 17.7 Å². The molecule has 2 N–H and O–H groups in total. The van der Waals surface area contributed by atoms with Crippen molar-refractivity contribution in [1.29, 1.82) is 0 Å². The number of aromatic nitrogens is 2. The van der Waals surface area contributed by atoms with Crippen LogP contribution in [0.5, 0.6) is 5.75 Å². The molecule has 1 aliphatic heterocycles. The number of nitrogens with zero attached hydrogens (tertiary/aromatic N) is 2. The number of nitrogens with one attached hydrogen (secondary N) is 2. The molecule has 0 bridgehead atoms. The molecule has 1 saturated heterocycles. The van der Waals surface area contributed by atoms with Crippen molar-refractivity contribution in [2.75, 3.05) is 19.7 Å². The molecule has 1 aromatic carbocycles. The Hall–Kier alpha value is -3.35. The van der Waals surface area contributed by atoms with Gasteiger partial charge in [-0.1, -0.05) is 18.6 Å². The molecule has 2 aromatic heterocycles. The largest absolute Gasteiger partial charge is 0.493 e. The summed E-state index contributed by atoms with van der Waals surface area (Å²) in [6, 6.07) is 8.29. The Bertz CT molecular complexity index is 1250. The average Bonchev–Trinajstić information content (AvgIpc) is 3.62. The van der Waals surface area contributed by atoms with E-state index in [1.807, 2.05) is 30.9 Å². The van der Waals surface area contributed by atoms with E-state index in [9.17, 15) is 9.59 Å². The van der Waals surface area contributed by atoms with Gasteiger partial charge in [-0.25, -0.2) is 0 Å². The Balaban J connectivity index is 1.41. The van der Waals surface area contributed by atoms with Gasteiger partial charge in [-0.05, 0) is 63.6 Å². The van der Waals surface area contributed by atoms with Crippen molar-refractivity contribution in [3.63, 3.8) is 0 Å². The molecule has 2 fully saturated rings. The van der Waals surface area contributed by atoms with Crippen LogP contribution in [0.3, 0.4) is 0 Å². The van der Waals surface area contributed by atoms with Gasteiger partial charge in [0.25, 0.3) is 5.91 Å². The summed E-state index contributed by atoms with van der Waals surface area (Å²) < 4.78 is 6.20. The Morgan fingerprint density at radius 3 is 2.60 bits per heavy atom. The highest BCUT2D eigenvalue weighted by Crippen LogP contribution is 2.38. The third kappa shape index (κ3) is 4.90. The lowest BCUT2D eigenvalue weighted by molar-refractivity contribution is -0.131. The second-order valence-corrected chi connectivity index (χ2v) is 9.94. The predicted octanol–water partition coefficient (Wildman–Crippen LogP) is 4.77. The third-order valence-electron chi connectivity index (χ3n) is 7.18. The van der Waals surface area contributed by atoms with Crippen molar-refractivity contribution in [2.45, 2.75) is 58.9 Å². The molecule has 1 aliphatic carbocycles. The summed E-state index contributed by atoms with van der Waals surface area (Å²) in [5.41, 5.74) is 6.05. The van der Waals surface area contributed by atoms with E-state index in [1.54, 1.807) is 6.20 Å². The fourth-order valence-electron chi connectivity index (χ4n) is 4.93. The second kappa shape index (κ2) is 9.72. The summed E-state index contributed by atoms with van der Waals surface area (Å²) in [6.45, 7) is 7.99. The summed E-state index contributed by atoms with van der Waals surface area (Å²) in [5.74, 6) is 1.59. The van der Waals surface area contributed by atoms with Gasteiger partial charge in [0.15, 0.2) is 0 Å². The lowest BCUT2D eigenvalue weighted by atomic mass is 10.0. The monoisotopic (exact) mass is 474 g/mol. The quantitative estimate of drug-likeness (QED) is 0.517. The number of H-pyrrole nitrogens is 1. The fraction of sp³-hybridized carbons (Fsp3) is 0.464. The summed E-state index contributed by atoms with van der Waals surface area (Å²) in [6.07, 6.45) is 6.30. The van der Waals surface area contributed by atoms with Crippen molar-refractivity contribution in [2.24, 2.45) is 5.92 Å². The number of carbonyl (C=O) groups is 2. The Morgan fingerprint density at radius 1 is 1.11 bits per heavy atom. The number of hydrogen-bond donors (Lipinski definition) is 2. The van der Waals surface area contributed by atoms with Gasteiger partial charge in [-0.15, -0.1) is 0 Å². The predicted molar refractivity (Wildman–Crippen MR) is 137 cm³/mol. The Morgan fingerprint density at radius 2 is 1.89 bits per heavy atom. The maximum absolute atomic E-state index is 13.4. The highest BCUT2D eigenvalue weighted by molar-refractivity contribution is 6.09. The topological polar surface area (TPSA) is 87.3 Å². The standard InChI is InChI=1S/C28H34N4O3/c1-4-24(33)32-13-10-20(11-14-32)31-28(34)25-18(3)30-26-21(9-12-29-27(25)26)22-15-17(2)5-8-23(22)35-16-19-6-7-19/h5,8-9,12,15,19-20,30H,4,6-7,10-11,13-14,16H2,1-3H3,(H,31,34). The summed E-state index contributed by atoms with van der Waals surface area (Å²) >= 11 is 0. The molecular weight excluding hydrogens is 440 g/mol. The molecule has 7 nitrogen and oxygen atoms in total. The first kappa shape index (κ1) is 23.4. The lowest BCUT2D eigenvalue weighted by Gasteiger charge is -2.32. The molecule has 5 rings (SSSR count). The van der Waals surface area contributed by atoms with Crippen LogP contribution in [0.4, 0.5) is 0 Å². The highest BCUT2D eigenvalue weighted by atomic mass is 16.5. The number of carbonyl (C=O) groups excluding carboxylic acids is 2. The summed E-state index contributed by atoms with van der Waals surface area (Å²) in [4.78, 5) is 35.2. The number of fused-ring (bicyclic) bond motifs is 1. The zero-order chi connectivity index (χ0) is 24.5. The van der Waals surface area contributed by atoms with E-state index in [1.165, 1.54) is 12.8 Å². The molecule has 2 amide bonds. The van der Waals surface area contributed by atoms with E-state index in [-0.39, 0.29) is 17.9 Å². The van der Waals surface area contributed by atoms with Gasteiger partial charge in [-0.3, -0.25) is 14.6 Å². The number of benzene rings is 1. The minimum Gasteiger partial charge on any atom is -0.493 e. The van der Waals surface area contributed by atoms with E-state index in [0.717, 1.165) is 53.1 Å².